The summed E-state index contributed by atoms with van der Waals surface area (Å²) in [6.45, 7) is 9.55. The molecular weight excluding hydrogens is 353 g/mol. The molecule has 4 nitrogen and oxygen atoms in total. The van der Waals surface area contributed by atoms with E-state index in [4.69, 9.17) is 16.2 Å². The van der Waals surface area contributed by atoms with E-state index in [-0.39, 0.29) is 11.7 Å². The first-order valence-corrected chi connectivity index (χ1v) is 10.3. The topological polar surface area (TPSA) is 39.9 Å². The van der Waals surface area contributed by atoms with Gasteiger partial charge in [-0.05, 0) is 62.1 Å². The molecule has 0 N–H and O–H groups in total. The summed E-state index contributed by atoms with van der Waals surface area (Å²) in [5.74, 6) is -0.0330. The van der Waals surface area contributed by atoms with E-state index in [1.807, 2.05) is 6.92 Å². The van der Waals surface area contributed by atoms with Crippen molar-refractivity contribution in [1.82, 2.24) is 14.8 Å². The van der Waals surface area contributed by atoms with Crippen LogP contribution in [0.15, 0.2) is 30.3 Å². The van der Waals surface area contributed by atoms with Gasteiger partial charge in [0, 0.05) is 30.0 Å². The van der Waals surface area contributed by atoms with Gasteiger partial charge in [0.25, 0.3) is 0 Å². The number of hydrogen-bond acceptors (Lipinski definition) is 3. The number of aromatic nitrogens is 3. The van der Waals surface area contributed by atoms with Gasteiger partial charge in [-0.25, -0.2) is 14.1 Å². The van der Waals surface area contributed by atoms with Gasteiger partial charge in [0.15, 0.2) is 5.65 Å². The Labute approximate surface area is 168 Å². The van der Waals surface area contributed by atoms with Crippen LogP contribution in [0, 0.1) is 5.82 Å². The number of hydrogen-bond donors (Lipinski definition) is 0. The van der Waals surface area contributed by atoms with Gasteiger partial charge in [-0.2, -0.15) is 5.10 Å². The van der Waals surface area contributed by atoms with Crippen LogP contribution in [0.25, 0.3) is 16.7 Å². The molecule has 0 bridgehead atoms. The third-order valence-corrected chi connectivity index (χ3v) is 5.24. The van der Waals surface area contributed by atoms with E-state index in [9.17, 15) is 4.39 Å². The molecule has 2 aromatic heterocycles. The Hall–Kier alpha value is -2.27. The minimum atomic E-state index is -0.287. The van der Waals surface area contributed by atoms with Crippen LogP contribution < -0.4 is 0 Å². The fourth-order valence-corrected chi connectivity index (χ4v) is 3.60. The quantitative estimate of drug-likeness (QED) is 0.451. The van der Waals surface area contributed by atoms with Gasteiger partial charge in [0.05, 0.1) is 19.4 Å². The van der Waals surface area contributed by atoms with Gasteiger partial charge >= 0.3 is 0 Å². The lowest BCUT2D eigenvalue weighted by Crippen LogP contribution is -2.06. The molecule has 0 fully saturated rings. The van der Waals surface area contributed by atoms with E-state index in [1.54, 1.807) is 16.8 Å². The average molecular weight is 385 g/mol. The first-order chi connectivity index (χ1) is 14.0. The smallest absolute Gasteiger partial charge is 0.163 e. The zero-order valence-electron chi connectivity index (χ0n) is 18.3. The van der Waals surface area contributed by atoms with E-state index < -0.39 is 0 Å². The predicted molar refractivity (Wildman–Crippen MR) is 112 cm³/mol. The second-order valence-corrected chi connectivity index (χ2v) is 6.95. The van der Waals surface area contributed by atoms with E-state index in [1.165, 1.54) is 12.1 Å². The van der Waals surface area contributed by atoms with Crippen molar-refractivity contribution in [2.24, 2.45) is 0 Å². The first-order valence-electron chi connectivity index (χ1n) is 10.8. The van der Waals surface area contributed by atoms with Crippen LogP contribution in [-0.2, 0) is 17.6 Å². The molecule has 0 spiro atoms. The number of pyridine rings is 1. The summed E-state index contributed by atoms with van der Waals surface area (Å²) in [6, 6.07) is 6.78. The molecule has 1 aromatic carbocycles. The minimum Gasteiger partial charge on any atom is -0.381 e. The molecule has 0 unspecified atom stereocenters. The number of nitrogens with zero attached hydrogens (tertiary/aromatic N) is 3. The Kier molecular flexibility index (Phi) is 6.32. The monoisotopic (exact) mass is 384 g/mol. The van der Waals surface area contributed by atoms with E-state index in [2.05, 4.69) is 20.8 Å². The highest BCUT2D eigenvalue weighted by Crippen LogP contribution is 2.32. The minimum absolute atomic E-state index is 0.254. The Morgan fingerprint density at radius 1 is 1.14 bits per heavy atom. The molecule has 0 saturated heterocycles. The molecule has 0 aliphatic carbocycles. The second kappa shape index (κ2) is 9.28. The summed E-state index contributed by atoms with van der Waals surface area (Å²) in [6.07, 6.45) is 3.29. The Balaban J connectivity index is 2.28. The van der Waals surface area contributed by atoms with Gasteiger partial charge in [-0.15, -0.1) is 0 Å². The number of benzene rings is 1. The number of ether oxygens (including phenoxy) is 1. The first kappa shape index (κ1) is 19.1. The molecule has 3 aromatic rings. The van der Waals surface area contributed by atoms with E-state index >= 15 is 0 Å². The van der Waals surface area contributed by atoms with Gasteiger partial charge < -0.3 is 4.74 Å². The highest BCUT2D eigenvalue weighted by Gasteiger charge is 2.21. The lowest BCUT2D eigenvalue weighted by molar-refractivity contribution is 0.150. The SMILES string of the molecule is [2H]c1c(CC)c(CCOCC)nc2c1c(C(CC)CC)nn2-c1ccc(F)cc1. The third kappa shape index (κ3) is 4.09. The molecular formula is C23H30FN3O. The summed E-state index contributed by atoms with van der Waals surface area (Å²) in [5, 5.41) is 5.70. The van der Waals surface area contributed by atoms with Gasteiger partial charge in [0.2, 0.25) is 0 Å². The van der Waals surface area contributed by atoms with Crippen LogP contribution >= 0.6 is 0 Å². The number of rotatable bonds is 9. The fourth-order valence-electron chi connectivity index (χ4n) is 3.60. The largest absolute Gasteiger partial charge is 0.381 e. The molecule has 0 saturated carbocycles. The zero-order valence-corrected chi connectivity index (χ0v) is 17.3. The van der Waals surface area contributed by atoms with Crippen molar-refractivity contribution in [1.29, 1.82) is 0 Å². The Morgan fingerprint density at radius 2 is 1.86 bits per heavy atom. The summed E-state index contributed by atoms with van der Waals surface area (Å²) in [5.41, 5.74) is 4.19. The van der Waals surface area contributed by atoms with Crippen molar-refractivity contribution in [2.75, 3.05) is 13.2 Å². The molecule has 0 amide bonds. The van der Waals surface area contributed by atoms with Crippen LogP contribution in [-0.4, -0.2) is 28.0 Å². The van der Waals surface area contributed by atoms with Crippen molar-refractivity contribution in [3.63, 3.8) is 0 Å². The van der Waals surface area contributed by atoms with Crippen LogP contribution in [0.4, 0.5) is 4.39 Å². The Bertz CT molecular complexity index is 965. The number of halogens is 1. The molecule has 28 heavy (non-hydrogen) atoms. The zero-order chi connectivity index (χ0) is 21.0. The molecule has 0 aliphatic rings. The maximum atomic E-state index is 13.5. The van der Waals surface area contributed by atoms with E-state index in [0.717, 1.165) is 47.3 Å². The van der Waals surface area contributed by atoms with Crippen molar-refractivity contribution >= 4 is 11.0 Å². The third-order valence-electron chi connectivity index (χ3n) is 5.24. The normalized spacial score (nSPS) is 12.1. The average Bonchev–Trinajstić information content (AvgIpc) is 3.09. The second-order valence-electron chi connectivity index (χ2n) is 6.95. The lowest BCUT2D eigenvalue weighted by atomic mass is 9.96. The van der Waals surface area contributed by atoms with Crippen LogP contribution in [0.5, 0.6) is 0 Å². The predicted octanol–water partition coefficient (Wildman–Crippen LogP) is 5.60. The van der Waals surface area contributed by atoms with Crippen LogP contribution in [0.1, 0.15) is 64.8 Å². The van der Waals surface area contributed by atoms with Gasteiger partial charge in [-0.1, -0.05) is 20.8 Å². The van der Waals surface area contributed by atoms with E-state index in [0.29, 0.717) is 31.3 Å². The summed E-state index contributed by atoms with van der Waals surface area (Å²) < 4.78 is 29.7. The fraction of sp³-hybridized carbons (Fsp3) is 0.478. The van der Waals surface area contributed by atoms with Crippen LogP contribution in [0.3, 0.4) is 0 Å². The van der Waals surface area contributed by atoms with Gasteiger partial charge in [-0.3, -0.25) is 0 Å². The van der Waals surface area contributed by atoms with Crippen molar-refractivity contribution in [3.05, 3.63) is 53.1 Å². The molecule has 150 valence electrons. The molecule has 0 aliphatic heterocycles. The Morgan fingerprint density at radius 3 is 2.46 bits per heavy atom. The number of fused-ring (bicyclic) bond motifs is 1. The van der Waals surface area contributed by atoms with Crippen molar-refractivity contribution < 1.29 is 10.5 Å². The summed E-state index contributed by atoms with van der Waals surface area (Å²) in [4.78, 5) is 4.96. The molecule has 0 radical (unpaired) electrons. The standard InChI is InChI=1S/C23H30FN3O/c1-5-16(6-2)22-20-15-17(7-3)21(13-14-28-8-4)25-23(20)27(26-22)19-11-9-18(24)10-12-19/h9-12,15-16H,5-8,13-14H2,1-4H3/i15D. The maximum absolute atomic E-state index is 13.5. The molecule has 5 heteroatoms. The highest BCUT2D eigenvalue weighted by atomic mass is 19.1. The summed E-state index contributed by atoms with van der Waals surface area (Å²) >= 11 is 0. The van der Waals surface area contributed by atoms with Crippen molar-refractivity contribution in [3.8, 4) is 5.69 Å². The molecule has 3 rings (SSSR count). The van der Waals surface area contributed by atoms with Gasteiger partial charge in [0.1, 0.15) is 5.82 Å². The summed E-state index contributed by atoms with van der Waals surface area (Å²) in [7, 11) is 0. The molecule has 0 atom stereocenters. The van der Waals surface area contributed by atoms with Crippen molar-refractivity contribution in [2.45, 2.75) is 59.3 Å². The lowest BCUT2D eigenvalue weighted by Gasteiger charge is -2.11. The van der Waals surface area contributed by atoms with Crippen LogP contribution in [0.2, 0.25) is 0 Å². The maximum Gasteiger partial charge on any atom is 0.163 e. The molecule has 2 heterocycles. The highest BCUT2D eigenvalue weighted by molar-refractivity contribution is 5.81.